The van der Waals surface area contributed by atoms with Crippen molar-refractivity contribution < 1.29 is 34.2 Å². The van der Waals surface area contributed by atoms with Gasteiger partial charge in [-0.15, -0.1) is 0 Å². The number of imidazole rings is 1. The number of benzene rings is 1. The number of aliphatic hydroxyl groups is 1. The van der Waals surface area contributed by atoms with Gasteiger partial charge in [0.1, 0.15) is 24.2 Å². The number of amides is 4. The molecule has 200 valence electrons. The number of hydrogen-bond donors (Lipinski definition) is 8. The number of primary amides is 1. The SMILES string of the molecule is CC(O)C(N)C(=O)NC(Cc1cnc[nH]1)C(=O)NC(Cc1ccccc1)C(=O)NC(CC(N)=O)C(=O)O. The van der Waals surface area contributed by atoms with Crippen molar-refractivity contribution in [1.29, 1.82) is 0 Å². The van der Waals surface area contributed by atoms with E-state index in [-0.39, 0.29) is 12.8 Å². The van der Waals surface area contributed by atoms with Crippen LogP contribution in [0.25, 0.3) is 0 Å². The second-order valence-corrected chi connectivity index (χ2v) is 8.43. The molecule has 0 aliphatic rings. The second kappa shape index (κ2) is 13.7. The lowest BCUT2D eigenvalue weighted by molar-refractivity contribution is -0.143. The van der Waals surface area contributed by atoms with E-state index in [1.807, 2.05) is 0 Å². The van der Waals surface area contributed by atoms with Gasteiger partial charge in [-0.25, -0.2) is 9.78 Å². The molecular weight excluding hydrogens is 486 g/mol. The molecule has 14 nitrogen and oxygen atoms in total. The maximum atomic E-state index is 13.3. The number of aliphatic carboxylic acids is 1. The van der Waals surface area contributed by atoms with E-state index in [2.05, 4.69) is 25.9 Å². The van der Waals surface area contributed by atoms with Crippen LogP contribution >= 0.6 is 0 Å². The third-order valence-electron chi connectivity index (χ3n) is 5.37. The average Bonchev–Trinajstić information content (AvgIpc) is 3.35. The van der Waals surface area contributed by atoms with Crippen LogP contribution in [0.3, 0.4) is 0 Å². The highest BCUT2D eigenvalue weighted by molar-refractivity contribution is 5.95. The molecule has 14 heteroatoms. The number of aromatic amines is 1. The Balaban J connectivity index is 2.28. The summed E-state index contributed by atoms with van der Waals surface area (Å²) in [5.41, 5.74) is 11.9. The highest BCUT2D eigenvalue weighted by atomic mass is 16.4. The monoisotopic (exact) mass is 517 g/mol. The fraction of sp³-hybridized carbons (Fsp3) is 0.391. The number of carbonyl (C=O) groups excluding carboxylic acids is 4. The minimum atomic E-state index is -1.61. The first-order valence-corrected chi connectivity index (χ1v) is 11.3. The minimum Gasteiger partial charge on any atom is -0.480 e. The van der Waals surface area contributed by atoms with Crippen LogP contribution in [0.2, 0.25) is 0 Å². The van der Waals surface area contributed by atoms with Gasteiger partial charge >= 0.3 is 5.97 Å². The molecule has 1 aromatic carbocycles. The Morgan fingerprint density at radius 1 is 0.946 bits per heavy atom. The number of aliphatic hydroxyl groups excluding tert-OH is 1. The van der Waals surface area contributed by atoms with Crippen LogP contribution in [0.15, 0.2) is 42.9 Å². The fourth-order valence-electron chi connectivity index (χ4n) is 3.32. The zero-order valence-corrected chi connectivity index (χ0v) is 20.1. The molecule has 0 saturated carbocycles. The van der Waals surface area contributed by atoms with Gasteiger partial charge in [0.15, 0.2) is 0 Å². The number of nitrogens with one attached hydrogen (secondary N) is 4. The molecule has 4 amide bonds. The molecule has 37 heavy (non-hydrogen) atoms. The molecule has 1 aromatic heterocycles. The Morgan fingerprint density at radius 2 is 1.51 bits per heavy atom. The molecule has 1 heterocycles. The number of carbonyl (C=O) groups is 5. The first-order chi connectivity index (χ1) is 17.5. The summed E-state index contributed by atoms with van der Waals surface area (Å²) in [6.07, 6.45) is 0.900. The van der Waals surface area contributed by atoms with Crippen LogP contribution in [-0.4, -0.2) is 80.1 Å². The van der Waals surface area contributed by atoms with Crippen LogP contribution in [-0.2, 0) is 36.8 Å². The van der Waals surface area contributed by atoms with E-state index in [9.17, 15) is 34.2 Å². The van der Waals surface area contributed by atoms with Crippen LogP contribution in [0.4, 0.5) is 0 Å². The van der Waals surface area contributed by atoms with E-state index >= 15 is 0 Å². The largest absolute Gasteiger partial charge is 0.480 e. The lowest BCUT2D eigenvalue weighted by Crippen LogP contribution is -2.59. The van der Waals surface area contributed by atoms with Gasteiger partial charge in [0.25, 0.3) is 0 Å². The lowest BCUT2D eigenvalue weighted by atomic mass is 10.0. The van der Waals surface area contributed by atoms with Crippen molar-refractivity contribution in [1.82, 2.24) is 25.9 Å². The summed E-state index contributed by atoms with van der Waals surface area (Å²) in [5.74, 6) is -4.87. The zero-order valence-electron chi connectivity index (χ0n) is 20.1. The molecule has 2 aromatic rings. The smallest absolute Gasteiger partial charge is 0.326 e. The molecular formula is C23H31N7O7. The summed E-state index contributed by atoms with van der Waals surface area (Å²) >= 11 is 0. The standard InChI is InChI=1S/C23H31N7O7/c1-12(31)19(25)22(35)29-16(8-14-10-26-11-27-14)21(34)28-15(7-13-5-3-2-4-6-13)20(33)30-17(23(36)37)9-18(24)32/h2-6,10-12,15-17,19,31H,7-9,25H2,1H3,(H2,24,32)(H,26,27)(H,28,34)(H,29,35)(H,30,33)(H,36,37). The molecule has 0 spiro atoms. The Kier molecular flexibility index (Phi) is 10.7. The number of nitrogens with zero attached hydrogens (tertiary/aromatic N) is 1. The number of aromatic nitrogens is 2. The second-order valence-electron chi connectivity index (χ2n) is 8.43. The van der Waals surface area contributed by atoms with Gasteiger partial charge in [-0.2, -0.15) is 0 Å². The maximum absolute atomic E-state index is 13.3. The quantitative estimate of drug-likeness (QED) is 0.130. The summed E-state index contributed by atoms with van der Waals surface area (Å²) in [5, 5.41) is 26.2. The van der Waals surface area contributed by atoms with Crippen molar-refractivity contribution in [3.63, 3.8) is 0 Å². The molecule has 0 aliphatic carbocycles. The predicted octanol–water partition coefficient (Wildman–Crippen LogP) is -2.68. The van der Waals surface area contributed by atoms with E-state index in [0.717, 1.165) is 0 Å². The normalized spacial score (nSPS) is 14.9. The van der Waals surface area contributed by atoms with E-state index in [4.69, 9.17) is 11.5 Å². The number of H-pyrrole nitrogens is 1. The zero-order chi connectivity index (χ0) is 27.5. The molecule has 5 unspecified atom stereocenters. The summed E-state index contributed by atoms with van der Waals surface area (Å²) in [7, 11) is 0. The first-order valence-electron chi connectivity index (χ1n) is 11.3. The lowest BCUT2D eigenvalue weighted by Gasteiger charge is -2.25. The Bertz CT molecular complexity index is 1080. The number of nitrogens with two attached hydrogens (primary N) is 2. The third-order valence-corrected chi connectivity index (χ3v) is 5.37. The molecule has 0 bridgehead atoms. The highest BCUT2D eigenvalue weighted by Crippen LogP contribution is 2.07. The number of hydrogen-bond acceptors (Lipinski definition) is 8. The highest BCUT2D eigenvalue weighted by Gasteiger charge is 2.32. The molecule has 0 radical (unpaired) electrons. The molecule has 0 saturated heterocycles. The van der Waals surface area contributed by atoms with E-state index in [1.54, 1.807) is 30.3 Å². The summed E-state index contributed by atoms with van der Waals surface area (Å²) in [6.45, 7) is 1.32. The topological polar surface area (TPSA) is 243 Å². The average molecular weight is 518 g/mol. The molecule has 2 rings (SSSR count). The summed E-state index contributed by atoms with van der Waals surface area (Å²) in [4.78, 5) is 68.2. The number of carboxylic acid groups (broad SMARTS) is 1. The maximum Gasteiger partial charge on any atom is 0.326 e. The molecule has 0 aliphatic heterocycles. The van der Waals surface area contributed by atoms with Crippen molar-refractivity contribution in [3.05, 3.63) is 54.1 Å². The van der Waals surface area contributed by atoms with Crippen molar-refractivity contribution in [3.8, 4) is 0 Å². The van der Waals surface area contributed by atoms with E-state index in [0.29, 0.717) is 11.3 Å². The summed E-state index contributed by atoms with van der Waals surface area (Å²) in [6, 6.07) is 3.17. The van der Waals surface area contributed by atoms with E-state index < -0.39 is 66.3 Å². The number of rotatable bonds is 14. The third kappa shape index (κ3) is 9.35. The summed E-state index contributed by atoms with van der Waals surface area (Å²) < 4.78 is 0. The first kappa shape index (κ1) is 28.9. The number of carboxylic acids is 1. The van der Waals surface area contributed by atoms with Gasteiger partial charge in [0.05, 0.1) is 18.9 Å². The van der Waals surface area contributed by atoms with Gasteiger partial charge in [0, 0.05) is 24.7 Å². The van der Waals surface area contributed by atoms with Crippen molar-refractivity contribution in [2.45, 2.75) is 56.5 Å². The van der Waals surface area contributed by atoms with Crippen LogP contribution < -0.4 is 27.4 Å². The Labute approximate surface area is 212 Å². The molecule has 0 fully saturated rings. The van der Waals surface area contributed by atoms with E-state index in [1.165, 1.54) is 19.4 Å². The molecule has 5 atom stereocenters. The van der Waals surface area contributed by atoms with Gasteiger partial charge in [-0.1, -0.05) is 30.3 Å². The molecule has 10 N–H and O–H groups in total. The fourth-order valence-corrected chi connectivity index (χ4v) is 3.32. The van der Waals surface area contributed by atoms with Crippen molar-refractivity contribution >= 4 is 29.6 Å². The van der Waals surface area contributed by atoms with Gasteiger partial charge in [0.2, 0.25) is 23.6 Å². The van der Waals surface area contributed by atoms with Crippen molar-refractivity contribution in [2.75, 3.05) is 0 Å². The van der Waals surface area contributed by atoms with Gasteiger partial charge in [-0.05, 0) is 12.5 Å². The predicted molar refractivity (Wildman–Crippen MR) is 129 cm³/mol. The van der Waals surface area contributed by atoms with Crippen molar-refractivity contribution in [2.24, 2.45) is 11.5 Å². The Hall–Kier alpha value is -4.30. The minimum absolute atomic E-state index is 0.0285. The van der Waals surface area contributed by atoms with Crippen LogP contribution in [0, 0.1) is 0 Å². The Morgan fingerprint density at radius 3 is 2.03 bits per heavy atom. The van der Waals surface area contributed by atoms with Gasteiger partial charge in [-0.3, -0.25) is 19.2 Å². The van der Waals surface area contributed by atoms with Gasteiger partial charge < -0.3 is 42.6 Å². The van der Waals surface area contributed by atoms with Crippen LogP contribution in [0.5, 0.6) is 0 Å². The van der Waals surface area contributed by atoms with Crippen LogP contribution in [0.1, 0.15) is 24.6 Å².